The van der Waals surface area contributed by atoms with Crippen LogP contribution in [0.25, 0.3) is 6.08 Å². The lowest BCUT2D eigenvalue weighted by Crippen LogP contribution is -2.37. The summed E-state index contributed by atoms with van der Waals surface area (Å²) in [4.78, 5) is 35.6. The van der Waals surface area contributed by atoms with E-state index in [0.717, 1.165) is 0 Å². The first-order chi connectivity index (χ1) is 12.9. The average molecular weight is 389 g/mol. The number of aliphatic carboxylic acids is 1. The molecule has 2 aromatic carbocycles. The summed E-state index contributed by atoms with van der Waals surface area (Å²) in [6, 6.07) is 13.2. The molecule has 0 spiro atoms. The number of carboxylic acid groups (broad SMARTS) is 1. The Bertz CT molecular complexity index is 895. The van der Waals surface area contributed by atoms with Gasteiger partial charge in [0.15, 0.2) is 0 Å². The second-order valence-electron chi connectivity index (χ2n) is 5.31. The highest BCUT2D eigenvalue weighted by molar-refractivity contribution is 6.34. The second-order valence-corrected chi connectivity index (χ2v) is 5.72. The molecule has 0 aliphatic carbocycles. The Labute approximate surface area is 160 Å². The SMILES string of the molecule is COc1ccccc1/C=C(/NC(=O)c1ccccc1Cl)C(=O)NCC(=O)O. The maximum atomic E-state index is 12.5. The molecule has 0 atom stereocenters. The van der Waals surface area contributed by atoms with Crippen LogP contribution in [0.4, 0.5) is 0 Å². The van der Waals surface area contributed by atoms with E-state index in [1.807, 2.05) is 0 Å². The van der Waals surface area contributed by atoms with Gasteiger partial charge in [0.05, 0.1) is 17.7 Å². The van der Waals surface area contributed by atoms with E-state index in [4.69, 9.17) is 21.4 Å². The van der Waals surface area contributed by atoms with E-state index in [2.05, 4.69) is 10.6 Å². The zero-order valence-electron chi connectivity index (χ0n) is 14.4. The first kappa shape index (κ1) is 20.0. The van der Waals surface area contributed by atoms with Gasteiger partial charge in [-0.3, -0.25) is 14.4 Å². The van der Waals surface area contributed by atoms with Gasteiger partial charge in [-0.05, 0) is 24.3 Å². The van der Waals surface area contributed by atoms with E-state index in [-0.39, 0.29) is 16.3 Å². The Morgan fingerprint density at radius 3 is 2.44 bits per heavy atom. The first-order valence-corrected chi connectivity index (χ1v) is 8.20. The summed E-state index contributed by atoms with van der Waals surface area (Å²) < 4.78 is 5.23. The molecular formula is C19H17ClN2O5. The van der Waals surface area contributed by atoms with Crippen molar-refractivity contribution in [2.24, 2.45) is 0 Å². The summed E-state index contributed by atoms with van der Waals surface area (Å²) in [5.41, 5.74) is 0.557. The maximum absolute atomic E-state index is 12.5. The lowest BCUT2D eigenvalue weighted by Gasteiger charge is -2.12. The molecule has 2 aromatic rings. The smallest absolute Gasteiger partial charge is 0.322 e. The normalized spacial score (nSPS) is 10.8. The van der Waals surface area contributed by atoms with Gasteiger partial charge in [0.2, 0.25) is 0 Å². The number of hydrogen-bond acceptors (Lipinski definition) is 4. The summed E-state index contributed by atoms with van der Waals surface area (Å²) in [6.07, 6.45) is 1.39. The van der Waals surface area contributed by atoms with Crippen LogP contribution in [0.15, 0.2) is 54.2 Å². The third-order valence-corrected chi connectivity index (χ3v) is 3.78. The van der Waals surface area contributed by atoms with Crippen molar-refractivity contribution in [1.29, 1.82) is 0 Å². The standard InChI is InChI=1S/C19H17ClN2O5/c1-27-16-9-5-2-6-12(16)10-15(19(26)21-11-17(23)24)22-18(25)13-7-3-4-8-14(13)20/h2-10H,11H2,1H3,(H,21,26)(H,22,25)(H,23,24)/b15-10+. The summed E-state index contributed by atoms with van der Waals surface area (Å²) in [6.45, 7) is -0.593. The third-order valence-electron chi connectivity index (χ3n) is 3.45. The van der Waals surface area contributed by atoms with Crippen LogP contribution in [0.5, 0.6) is 5.75 Å². The molecule has 2 amide bonds. The molecule has 0 radical (unpaired) electrons. The number of carbonyl (C=O) groups is 3. The van der Waals surface area contributed by atoms with E-state index >= 15 is 0 Å². The molecule has 7 nitrogen and oxygen atoms in total. The molecule has 0 saturated carbocycles. The molecular weight excluding hydrogens is 372 g/mol. The number of methoxy groups -OCH3 is 1. The number of carbonyl (C=O) groups excluding carboxylic acids is 2. The molecule has 0 heterocycles. The van der Waals surface area contributed by atoms with Crippen molar-refractivity contribution in [2.75, 3.05) is 13.7 Å². The number of halogens is 1. The minimum absolute atomic E-state index is 0.148. The number of benzene rings is 2. The fourth-order valence-corrected chi connectivity index (χ4v) is 2.41. The Morgan fingerprint density at radius 1 is 1.11 bits per heavy atom. The van der Waals surface area contributed by atoms with Crippen LogP contribution in [0.2, 0.25) is 5.02 Å². The number of nitrogens with one attached hydrogen (secondary N) is 2. The third kappa shape index (κ3) is 5.58. The molecule has 27 heavy (non-hydrogen) atoms. The van der Waals surface area contributed by atoms with Gasteiger partial charge in [-0.1, -0.05) is 41.9 Å². The van der Waals surface area contributed by atoms with Crippen LogP contribution in [-0.2, 0) is 9.59 Å². The van der Waals surface area contributed by atoms with Gasteiger partial charge in [-0.2, -0.15) is 0 Å². The van der Waals surface area contributed by atoms with Crippen molar-refractivity contribution in [3.05, 3.63) is 70.4 Å². The summed E-state index contributed by atoms with van der Waals surface area (Å²) in [7, 11) is 1.47. The fourth-order valence-electron chi connectivity index (χ4n) is 2.19. The number of para-hydroxylation sites is 1. The predicted octanol–water partition coefficient (Wildman–Crippen LogP) is 2.32. The van der Waals surface area contributed by atoms with Gasteiger partial charge in [-0.25, -0.2) is 0 Å². The van der Waals surface area contributed by atoms with Crippen LogP contribution in [0.1, 0.15) is 15.9 Å². The minimum atomic E-state index is -1.21. The highest BCUT2D eigenvalue weighted by atomic mass is 35.5. The topological polar surface area (TPSA) is 105 Å². The van der Waals surface area contributed by atoms with Crippen LogP contribution in [0, 0.1) is 0 Å². The van der Waals surface area contributed by atoms with Crippen molar-refractivity contribution >= 4 is 35.5 Å². The summed E-state index contributed by atoms with van der Waals surface area (Å²) in [5, 5.41) is 13.7. The van der Waals surface area contributed by atoms with Gasteiger partial charge in [0.1, 0.15) is 18.0 Å². The number of amides is 2. The molecule has 0 aliphatic heterocycles. The van der Waals surface area contributed by atoms with E-state index in [1.54, 1.807) is 42.5 Å². The van der Waals surface area contributed by atoms with Gasteiger partial charge in [-0.15, -0.1) is 0 Å². The highest BCUT2D eigenvalue weighted by Crippen LogP contribution is 2.20. The van der Waals surface area contributed by atoms with E-state index in [9.17, 15) is 14.4 Å². The van der Waals surface area contributed by atoms with Crippen LogP contribution >= 0.6 is 11.6 Å². The number of rotatable bonds is 7. The Hall–Kier alpha value is -3.32. The fraction of sp³-hybridized carbons (Fsp3) is 0.105. The largest absolute Gasteiger partial charge is 0.496 e. The number of ether oxygens (including phenoxy) is 1. The van der Waals surface area contributed by atoms with Gasteiger partial charge < -0.3 is 20.5 Å². The molecule has 3 N–H and O–H groups in total. The summed E-state index contributed by atoms with van der Waals surface area (Å²) in [5.74, 6) is -2.10. The Morgan fingerprint density at radius 2 is 1.78 bits per heavy atom. The highest BCUT2D eigenvalue weighted by Gasteiger charge is 2.17. The molecule has 0 aliphatic rings. The van der Waals surface area contributed by atoms with E-state index < -0.39 is 24.3 Å². The minimum Gasteiger partial charge on any atom is -0.496 e. The van der Waals surface area contributed by atoms with Crippen LogP contribution in [-0.4, -0.2) is 36.5 Å². The lowest BCUT2D eigenvalue weighted by molar-refractivity contribution is -0.137. The molecule has 0 aromatic heterocycles. The van der Waals surface area contributed by atoms with Gasteiger partial charge in [0.25, 0.3) is 11.8 Å². The molecule has 0 fully saturated rings. The molecule has 140 valence electrons. The Balaban J connectivity index is 2.36. The predicted molar refractivity (Wildman–Crippen MR) is 101 cm³/mol. The van der Waals surface area contributed by atoms with Gasteiger partial charge >= 0.3 is 5.97 Å². The van der Waals surface area contributed by atoms with Crippen molar-refractivity contribution in [1.82, 2.24) is 10.6 Å². The van der Waals surface area contributed by atoms with Crippen molar-refractivity contribution in [2.45, 2.75) is 0 Å². The molecule has 8 heteroatoms. The quantitative estimate of drug-likeness (QED) is 0.631. The summed E-state index contributed by atoms with van der Waals surface area (Å²) >= 11 is 6.01. The molecule has 0 saturated heterocycles. The second kappa shape index (κ2) is 9.40. The molecule has 0 bridgehead atoms. The van der Waals surface area contributed by atoms with Crippen molar-refractivity contribution < 1.29 is 24.2 Å². The number of hydrogen-bond donors (Lipinski definition) is 3. The zero-order chi connectivity index (χ0) is 19.8. The zero-order valence-corrected chi connectivity index (χ0v) is 15.1. The van der Waals surface area contributed by atoms with E-state index in [1.165, 1.54) is 19.3 Å². The first-order valence-electron chi connectivity index (χ1n) is 7.83. The monoisotopic (exact) mass is 388 g/mol. The number of carboxylic acids is 1. The maximum Gasteiger partial charge on any atom is 0.322 e. The van der Waals surface area contributed by atoms with Crippen LogP contribution < -0.4 is 15.4 Å². The van der Waals surface area contributed by atoms with Crippen LogP contribution in [0.3, 0.4) is 0 Å². The lowest BCUT2D eigenvalue weighted by atomic mass is 10.1. The Kier molecular flexibility index (Phi) is 6.96. The average Bonchev–Trinajstić information content (AvgIpc) is 2.66. The molecule has 0 unspecified atom stereocenters. The van der Waals surface area contributed by atoms with E-state index in [0.29, 0.717) is 11.3 Å². The van der Waals surface area contributed by atoms with Crippen molar-refractivity contribution in [3.63, 3.8) is 0 Å². The van der Waals surface area contributed by atoms with Crippen molar-refractivity contribution in [3.8, 4) is 5.75 Å². The van der Waals surface area contributed by atoms with Gasteiger partial charge in [0, 0.05) is 5.56 Å². The molecule has 2 rings (SSSR count).